The van der Waals surface area contributed by atoms with Crippen LogP contribution in [-0.4, -0.2) is 8.42 Å². The number of halogens is 3. The monoisotopic (exact) mass is 318 g/mol. The summed E-state index contributed by atoms with van der Waals surface area (Å²) in [6, 6.07) is 7.46. The van der Waals surface area contributed by atoms with Crippen LogP contribution in [0.15, 0.2) is 41.3 Å². The Hall–Kier alpha value is -1.66. The Kier molecular flexibility index (Phi) is 3.96. The Bertz CT molecular complexity index is 760. The summed E-state index contributed by atoms with van der Waals surface area (Å²) in [5, 5.41) is 0. The number of rotatable bonds is 3. The fraction of sp³-hybridized carbons (Fsp3) is 0.0769. The smallest absolute Gasteiger partial charge is 0.261 e. The summed E-state index contributed by atoms with van der Waals surface area (Å²) in [6.07, 6.45) is 0. The van der Waals surface area contributed by atoms with Crippen LogP contribution in [0, 0.1) is 18.6 Å². The SMILES string of the molecule is Cc1cc(Oc2cccc(F)c2F)ccc1S(=O)(=O)Cl. The minimum atomic E-state index is -3.86. The van der Waals surface area contributed by atoms with Crippen LogP contribution in [0.3, 0.4) is 0 Å². The van der Waals surface area contributed by atoms with E-state index >= 15 is 0 Å². The molecule has 0 spiro atoms. The first kappa shape index (κ1) is 14.7. The van der Waals surface area contributed by atoms with Gasteiger partial charge in [0.2, 0.25) is 5.82 Å². The second-order valence-corrected chi connectivity index (χ2v) is 6.55. The standard InChI is InChI=1S/C13H9ClF2O3S/c1-8-7-9(5-6-12(8)20(14,17)18)19-11-4-2-3-10(15)13(11)16/h2-7H,1H3. The average Bonchev–Trinajstić information content (AvgIpc) is 2.33. The molecule has 20 heavy (non-hydrogen) atoms. The van der Waals surface area contributed by atoms with E-state index in [0.29, 0.717) is 5.56 Å². The molecule has 0 atom stereocenters. The van der Waals surface area contributed by atoms with Gasteiger partial charge in [-0.15, -0.1) is 0 Å². The zero-order chi connectivity index (χ0) is 14.9. The van der Waals surface area contributed by atoms with Gasteiger partial charge in [-0.25, -0.2) is 12.8 Å². The summed E-state index contributed by atoms with van der Waals surface area (Å²) in [4.78, 5) is -0.0637. The Morgan fingerprint density at radius 2 is 1.85 bits per heavy atom. The minimum Gasteiger partial charge on any atom is -0.454 e. The van der Waals surface area contributed by atoms with Crippen LogP contribution in [0.25, 0.3) is 0 Å². The van der Waals surface area contributed by atoms with Gasteiger partial charge in [0.05, 0.1) is 4.90 Å². The van der Waals surface area contributed by atoms with Gasteiger partial charge >= 0.3 is 0 Å². The molecule has 0 aliphatic heterocycles. The molecule has 2 aromatic carbocycles. The highest BCUT2D eigenvalue weighted by Gasteiger charge is 2.15. The fourth-order valence-electron chi connectivity index (χ4n) is 1.65. The van der Waals surface area contributed by atoms with Crippen molar-refractivity contribution in [1.29, 1.82) is 0 Å². The molecule has 0 aliphatic rings. The van der Waals surface area contributed by atoms with Crippen LogP contribution in [0.5, 0.6) is 11.5 Å². The van der Waals surface area contributed by atoms with E-state index in [2.05, 4.69) is 0 Å². The first-order valence-electron chi connectivity index (χ1n) is 5.46. The van der Waals surface area contributed by atoms with Crippen LogP contribution < -0.4 is 4.74 Å². The van der Waals surface area contributed by atoms with Crippen molar-refractivity contribution >= 4 is 19.7 Å². The Labute approximate surface area is 119 Å². The Morgan fingerprint density at radius 3 is 2.45 bits per heavy atom. The fourth-order valence-corrected chi connectivity index (χ4v) is 2.84. The van der Waals surface area contributed by atoms with E-state index in [9.17, 15) is 17.2 Å². The van der Waals surface area contributed by atoms with Crippen molar-refractivity contribution in [2.75, 3.05) is 0 Å². The van der Waals surface area contributed by atoms with Crippen LogP contribution in [0.1, 0.15) is 5.56 Å². The molecule has 0 fully saturated rings. The molecule has 0 aliphatic carbocycles. The molecule has 0 N–H and O–H groups in total. The van der Waals surface area contributed by atoms with Gasteiger partial charge < -0.3 is 4.74 Å². The minimum absolute atomic E-state index is 0.0637. The highest BCUT2D eigenvalue weighted by Crippen LogP contribution is 2.29. The summed E-state index contributed by atoms with van der Waals surface area (Å²) in [5.74, 6) is -2.25. The van der Waals surface area contributed by atoms with Crippen molar-refractivity contribution in [3.8, 4) is 11.5 Å². The van der Waals surface area contributed by atoms with Crippen LogP contribution in [-0.2, 0) is 9.05 Å². The number of benzene rings is 2. The summed E-state index contributed by atoms with van der Waals surface area (Å²) >= 11 is 0. The van der Waals surface area contributed by atoms with Gasteiger partial charge in [0, 0.05) is 10.7 Å². The molecule has 2 aromatic rings. The maximum Gasteiger partial charge on any atom is 0.261 e. The van der Waals surface area contributed by atoms with E-state index in [4.69, 9.17) is 15.4 Å². The lowest BCUT2D eigenvalue weighted by molar-refractivity contribution is 0.415. The molecule has 0 aromatic heterocycles. The number of hydrogen-bond donors (Lipinski definition) is 0. The zero-order valence-electron chi connectivity index (χ0n) is 10.2. The van der Waals surface area contributed by atoms with Gasteiger partial charge in [-0.2, -0.15) is 4.39 Å². The van der Waals surface area contributed by atoms with E-state index in [1.807, 2.05) is 0 Å². The maximum absolute atomic E-state index is 13.4. The number of hydrogen-bond acceptors (Lipinski definition) is 3. The van der Waals surface area contributed by atoms with Gasteiger partial charge in [0.1, 0.15) is 5.75 Å². The molecule has 7 heteroatoms. The number of aryl methyl sites for hydroxylation is 1. The van der Waals surface area contributed by atoms with Crippen molar-refractivity contribution in [1.82, 2.24) is 0 Å². The van der Waals surface area contributed by atoms with Crippen molar-refractivity contribution in [2.24, 2.45) is 0 Å². The van der Waals surface area contributed by atoms with Gasteiger partial charge in [-0.3, -0.25) is 0 Å². The first-order valence-corrected chi connectivity index (χ1v) is 7.77. The summed E-state index contributed by atoms with van der Waals surface area (Å²) in [7, 11) is 1.39. The Balaban J connectivity index is 2.36. The van der Waals surface area contributed by atoms with E-state index in [1.165, 1.54) is 37.3 Å². The van der Waals surface area contributed by atoms with Crippen LogP contribution >= 0.6 is 10.7 Å². The lowest BCUT2D eigenvalue weighted by atomic mass is 10.2. The van der Waals surface area contributed by atoms with E-state index < -0.39 is 20.7 Å². The molecule has 3 nitrogen and oxygen atoms in total. The molecule has 0 heterocycles. The summed E-state index contributed by atoms with van der Waals surface area (Å²) in [5.41, 5.74) is 0.342. The maximum atomic E-state index is 13.4. The Morgan fingerprint density at radius 1 is 1.15 bits per heavy atom. The number of ether oxygens (including phenoxy) is 1. The van der Waals surface area contributed by atoms with Crippen molar-refractivity contribution in [3.05, 3.63) is 53.6 Å². The van der Waals surface area contributed by atoms with Gasteiger partial charge in [0.15, 0.2) is 11.6 Å². The molecule has 0 radical (unpaired) electrons. The lowest BCUT2D eigenvalue weighted by Crippen LogP contribution is -1.96. The second kappa shape index (κ2) is 5.38. The molecule has 0 amide bonds. The molecule has 106 valence electrons. The molecule has 0 bridgehead atoms. The molecule has 0 saturated heterocycles. The van der Waals surface area contributed by atoms with Gasteiger partial charge in [-0.05, 0) is 42.8 Å². The summed E-state index contributed by atoms with van der Waals surface area (Å²) < 4.78 is 54.1. The topological polar surface area (TPSA) is 43.4 Å². The van der Waals surface area contributed by atoms with Crippen molar-refractivity contribution in [2.45, 2.75) is 11.8 Å². The molecular weight excluding hydrogens is 310 g/mol. The van der Waals surface area contributed by atoms with Gasteiger partial charge in [-0.1, -0.05) is 6.07 Å². The second-order valence-electron chi connectivity index (χ2n) is 4.02. The van der Waals surface area contributed by atoms with Gasteiger partial charge in [0.25, 0.3) is 9.05 Å². The third-order valence-electron chi connectivity index (χ3n) is 2.55. The molecular formula is C13H9ClF2O3S. The molecule has 2 rings (SSSR count). The van der Waals surface area contributed by atoms with Crippen molar-refractivity contribution < 1.29 is 21.9 Å². The largest absolute Gasteiger partial charge is 0.454 e. The quantitative estimate of drug-likeness (QED) is 0.804. The molecule has 0 unspecified atom stereocenters. The summed E-state index contributed by atoms with van der Waals surface area (Å²) in [6.45, 7) is 1.52. The van der Waals surface area contributed by atoms with E-state index in [1.54, 1.807) is 0 Å². The zero-order valence-corrected chi connectivity index (χ0v) is 11.8. The highest BCUT2D eigenvalue weighted by atomic mass is 35.7. The van der Waals surface area contributed by atoms with E-state index in [-0.39, 0.29) is 16.4 Å². The molecule has 0 saturated carbocycles. The predicted octanol–water partition coefficient (Wildman–Crippen LogP) is 3.99. The third-order valence-corrected chi connectivity index (χ3v) is 4.04. The van der Waals surface area contributed by atoms with Crippen molar-refractivity contribution in [3.63, 3.8) is 0 Å². The predicted molar refractivity (Wildman–Crippen MR) is 70.6 cm³/mol. The highest BCUT2D eigenvalue weighted by molar-refractivity contribution is 8.13. The van der Waals surface area contributed by atoms with Crippen LogP contribution in [0.4, 0.5) is 8.78 Å². The first-order chi connectivity index (χ1) is 9.29. The third kappa shape index (κ3) is 3.08. The lowest BCUT2D eigenvalue weighted by Gasteiger charge is -2.09. The normalized spacial score (nSPS) is 11.4. The van der Waals surface area contributed by atoms with E-state index in [0.717, 1.165) is 6.07 Å². The van der Waals surface area contributed by atoms with Crippen LogP contribution in [0.2, 0.25) is 0 Å². The average molecular weight is 319 g/mol.